The highest BCUT2D eigenvalue weighted by Crippen LogP contribution is 2.40. The minimum Gasteiger partial charge on any atom is -0.339 e. The van der Waals surface area contributed by atoms with Crippen molar-refractivity contribution in [3.63, 3.8) is 0 Å². The molecule has 26 heavy (non-hydrogen) atoms. The number of fused-ring (bicyclic) bond motifs is 5. The SMILES string of the molecule is Clc1cccc2c1-c1ncnn1Cc1c(-c3noc(C4CC4)n3)ncn1-2. The van der Waals surface area contributed by atoms with E-state index < -0.39 is 0 Å². The average Bonchev–Trinajstić information content (AvgIpc) is 3.05. The van der Waals surface area contributed by atoms with Crippen LogP contribution in [-0.4, -0.2) is 34.5 Å². The predicted octanol–water partition coefficient (Wildman–Crippen LogP) is 3.07. The molecule has 0 radical (unpaired) electrons. The number of imidazole rings is 1. The van der Waals surface area contributed by atoms with Gasteiger partial charge >= 0.3 is 0 Å². The third-order valence-corrected chi connectivity index (χ3v) is 5.15. The Morgan fingerprint density at radius 1 is 1.19 bits per heavy atom. The summed E-state index contributed by atoms with van der Waals surface area (Å²) in [5.41, 5.74) is 3.35. The molecule has 2 aliphatic rings. The topological polar surface area (TPSA) is 87.4 Å². The molecule has 0 spiro atoms. The number of rotatable bonds is 2. The molecule has 1 aliphatic heterocycles. The van der Waals surface area contributed by atoms with E-state index >= 15 is 0 Å². The monoisotopic (exact) mass is 365 g/mol. The molecule has 9 heteroatoms. The summed E-state index contributed by atoms with van der Waals surface area (Å²) in [5.74, 6) is 2.33. The van der Waals surface area contributed by atoms with E-state index in [1.54, 1.807) is 6.33 Å². The largest absolute Gasteiger partial charge is 0.339 e. The number of halogens is 1. The molecule has 1 fully saturated rings. The van der Waals surface area contributed by atoms with Gasteiger partial charge in [-0.05, 0) is 25.0 Å². The van der Waals surface area contributed by atoms with Gasteiger partial charge in [-0.25, -0.2) is 14.6 Å². The van der Waals surface area contributed by atoms with Crippen LogP contribution < -0.4 is 0 Å². The third-order valence-electron chi connectivity index (χ3n) is 4.84. The maximum Gasteiger partial charge on any atom is 0.230 e. The average molecular weight is 366 g/mol. The van der Waals surface area contributed by atoms with E-state index in [2.05, 4.69) is 25.2 Å². The van der Waals surface area contributed by atoms with Crippen molar-refractivity contribution in [2.75, 3.05) is 0 Å². The van der Waals surface area contributed by atoms with E-state index in [1.807, 2.05) is 27.4 Å². The molecule has 4 heterocycles. The molecular formula is C17H12ClN7O. The van der Waals surface area contributed by atoms with Crippen molar-refractivity contribution >= 4 is 11.6 Å². The van der Waals surface area contributed by atoms with Crippen LogP contribution in [0.5, 0.6) is 0 Å². The van der Waals surface area contributed by atoms with Crippen LogP contribution in [0.3, 0.4) is 0 Å². The first-order valence-electron chi connectivity index (χ1n) is 8.37. The Morgan fingerprint density at radius 2 is 2.12 bits per heavy atom. The zero-order valence-electron chi connectivity index (χ0n) is 13.5. The van der Waals surface area contributed by atoms with Crippen LogP contribution in [0.4, 0.5) is 0 Å². The van der Waals surface area contributed by atoms with Gasteiger partial charge in [0.1, 0.15) is 18.3 Å². The molecular weight excluding hydrogens is 354 g/mol. The van der Waals surface area contributed by atoms with Crippen LogP contribution in [0.15, 0.2) is 35.4 Å². The summed E-state index contributed by atoms with van der Waals surface area (Å²) in [5, 5.41) is 9.12. The number of hydrogen-bond donors (Lipinski definition) is 0. The number of benzene rings is 1. The van der Waals surface area contributed by atoms with Gasteiger partial charge in [-0.2, -0.15) is 10.1 Å². The highest BCUT2D eigenvalue weighted by molar-refractivity contribution is 6.33. The first-order valence-corrected chi connectivity index (χ1v) is 8.74. The Hall–Kier alpha value is -3.00. The fourth-order valence-electron chi connectivity index (χ4n) is 3.40. The molecule has 1 aliphatic carbocycles. The van der Waals surface area contributed by atoms with Crippen molar-refractivity contribution in [2.45, 2.75) is 25.3 Å². The maximum absolute atomic E-state index is 6.48. The Bertz CT molecular complexity index is 1150. The quantitative estimate of drug-likeness (QED) is 0.477. The highest BCUT2D eigenvalue weighted by Gasteiger charge is 2.32. The lowest BCUT2D eigenvalue weighted by Gasteiger charge is -2.09. The molecule has 0 amide bonds. The molecule has 1 aromatic carbocycles. The summed E-state index contributed by atoms with van der Waals surface area (Å²) < 4.78 is 9.23. The first kappa shape index (κ1) is 14.2. The fourth-order valence-corrected chi connectivity index (χ4v) is 3.65. The molecule has 0 atom stereocenters. The van der Waals surface area contributed by atoms with Gasteiger partial charge < -0.3 is 4.52 Å². The predicted molar refractivity (Wildman–Crippen MR) is 92.0 cm³/mol. The van der Waals surface area contributed by atoms with E-state index in [0.717, 1.165) is 35.6 Å². The van der Waals surface area contributed by atoms with Crippen molar-refractivity contribution in [3.05, 3.63) is 47.5 Å². The molecule has 0 unspecified atom stereocenters. The standard InChI is InChI=1S/C17H12ClN7O/c18-10-2-1-3-11-13(10)16-19-7-21-25(16)6-12-14(20-8-24(11)12)15-22-17(26-23-15)9-4-5-9/h1-3,7-9H,4-6H2. The third kappa shape index (κ3) is 1.93. The van der Waals surface area contributed by atoms with Crippen LogP contribution in [0.2, 0.25) is 5.02 Å². The molecule has 1 saturated carbocycles. The Kier molecular flexibility index (Phi) is 2.74. The smallest absolute Gasteiger partial charge is 0.230 e. The Balaban J connectivity index is 1.59. The second kappa shape index (κ2) is 5.01. The zero-order chi connectivity index (χ0) is 17.3. The van der Waals surface area contributed by atoms with Gasteiger partial charge in [0.05, 0.1) is 28.5 Å². The second-order valence-corrected chi connectivity index (χ2v) is 6.92. The lowest BCUT2D eigenvalue weighted by Crippen LogP contribution is -2.05. The normalized spacial score (nSPS) is 15.3. The van der Waals surface area contributed by atoms with Crippen LogP contribution in [0, 0.1) is 0 Å². The summed E-state index contributed by atoms with van der Waals surface area (Å²) in [6.45, 7) is 0.489. The van der Waals surface area contributed by atoms with Crippen molar-refractivity contribution in [2.24, 2.45) is 0 Å². The van der Waals surface area contributed by atoms with E-state index in [0.29, 0.717) is 34.9 Å². The summed E-state index contributed by atoms with van der Waals surface area (Å²) in [7, 11) is 0. The van der Waals surface area contributed by atoms with E-state index in [9.17, 15) is 0 Å². The molecule has 4 aromatic rings. The van der Waals surface area contributed by atoms with Gasteiger partial charge in [0, 0.05) is 5.92 Å². The minimum absolute atomic E-state index is 0.402. The van der Waals surface area contributed by atoms with E-state index in [4.69, 9.17) is 16.1 Å². The Labute approximate surface area is 152 Å². The summed E-state index contributed by atoms with van der Waals surface area (Å²) in [6, 6.07) is 5.76. The maximum atomic E-state index is 6.48. The number of aromatic nitrogens is 7. The molecule has 0 N–H and O–H groups in total. The molecule has 0 saturated heterocycles. The molecule has 8 nitrogen and oxygen atoms in total. The van der Waals surface area contributed by atoms with Crippen LogP contribution >= 0.6 is 11.6 Å². The van der Waals surface area contributed by atoms with E-state index in [1.165, 1.54) is 6.33 Å². The minimum atomic E-state index is 0.402. The van der Waals surface area contributed by atoms with Gasteiger partial charge in [0.15, 0.2) is 5.82 Å². The number of hydrogen-bond acceptors (Lipinski definition) is 6. The van der Waals surface area contributed by atoms with E-state index in [-0.39, 0.29) is 0 Å². The van der Waals surface area contributed by atoms with Crippen molar-refractivity contribution in [1.82, 2.24) is 34.5 Å². The van der Waals surface area contributed by atoms with Crippen LogP contribution in [0.25, 0.3) is 28.6 Å². The summed E-state index contributed by atoms with van der Waals surface area (Å²) in [6.07, 6.45) is 5.52. The van der Waals surface area contributed by atoms with Gasteiger partial charge in [-0.1, -0.05) is 22.8 Å². The van der Waals surface area contributed by atoms with Gasteiger partial charge in [-0.3, -0.25) is 4.57 Å². The van der Waals surface area contributed by atoms with Gasteiger partial charge in [0.2, 0.25) is 11.7 Å². The molecule has 128 valence electrons. The molecule has 0 bridgehead atoms. The molecule has 3 aromatic heterocycles. The number of nitrogens with zero attached hydrogens (tertiary/aromatic N) is 7. The van der Waals surface area contributed by atoms with Gasteiger partial charge in [0.25, 0.3) is 0 Å². The highest BCUT2D eigenvalue weighted by atomic mass is 35.5. The second-order valence-electron chi connectivity index (χ2n) is 6.52. The van der Waals surface area contributed by atoms with Crippen molar-refractivity contribution in [3.8, 4) is 28.6 Å². The molecule has 6 rings (SSSR count). The van der Waals surface area contributed by atoms with Crippen LogP contribution in [0.1, 0.15) is 30.3 Å². The van der Waals surface area contributed by atoms with Gasteiger partial charge in [-0.15, -0.1) is 0 Å². The Morgan fingerprint density at radius 3 is 3.00 bits per heavy atom. The summed E-state index contributed by atoms with van der Waals surface area (Å²) in [4.78, 5) is 13.5. The van der Waals surface area contributed by atoms with Crippen LogP contribution in [-0.2, 0) is 6.54 Å². The zero-order valence-corrected chi connectivity index (χ0v) is 14.3. The summed E-state index contributed by atoms with van der Waals surface area (Å²) >= 11 is 6.48. The fraction of sp³-hybridized carbons (Fsp3) is 0.235. The lowest BCUT2D eigenvalue weighted by atomic mass is 10.1. The van der Waals surface area contributed by atoms with Crippen molar-refractivity contribution < 1.29 is 4.52 Å². The first-order chi connectivity index (χ1) is 12.8. The van der Waals surface area contributed by atoms with Crippen molar-refractivity contribution in [1.29, 1.82) is 0 Å². The lowest BCUT2D eigenvalue weighted by molar-refractivity contribution is 0.380.